The molecule has 0 aliphatic heterocycles. The van der Waals surface area contributed by atoms with E-state index in [9.17, 15) is 0 Å². The Morgan fingerprint density at radius 1 is 0.737 bits per heavy atom. The highest BCUT2D eigenvalue weighted by Crippen LogP contribution is 2.15. The van der Waals surface area contributed by atoms with Gasteiger partial charge in [0.2, 0.25) is 0 Å². The molecule has 1 N–H and O–H groups in total. The van der Waals surface area contributed by atoms with E-state index in [-0.39, 0.29) is 6.61 Å². The van der Waals surface area contributed by atoms with Crippen molar-refractivity contribution in [1.29, 1.82) is 0 Å². The first-order valence-electron chi connectivity index (χ1n) is 8.57. The summed E-state index contributed by atoms with van der Waals surface area (Å²) in [5.74, 6) is 0. The molecule has 1 unspecified atom stereocenters. The fourth-order valence-electron chi connectivity index (χ4n) is 2.47. The zero-order valence-electron chi connectivity index (χ0n) is 13.3. The molecule has 0 amide bonds. The highest BCUT2D eigenvalue weighted by molar-refractivity contribution is 4.59. The SMILES string of the molecule is CCCCCCCCCCC(CCCC)OCCO. The highest BCUT2D eigenvalue weighted by atomic mass is 16.5. The highest BCUT2D eigenvalue weighted by Gasteiger charge is 2.07. The second kappa shape index (κ2) is 16.0. The predicted molar refractivity (Wildman–Crippen MR) is 83.6 cm³/mol. The summed E-state index contributed by atoms with van der Waals surface area (Å²) >= 11 is 0. The predicted octanol–water partition coefficient (Wildman–Crippen LogP) is 5.08. The lowest BCUT2D eigenvalue weighted by atomic mass is 10.0. The van der Waals surface area contributed by atoms with Gasteiger partial charge in [0.25, 0.3) is 0 Å². The molecule has 2 nitrogen and oxygen atoms in total. The summed E-state index contributed by atoms with van der Waals surface area (Å²) in [7, 11) is 0. The van der Waals surface area contributed by atoms with Crippen molar-refractivity contribution in [3.05, 3.63) is 0 Å². The maximum absolute atomic E-state index is 8.83. The van der Waals surface area contributed by atoms with E-state index in [0.29, 0.717) is 12.7 Å². The Morgan fingerprint density at radius 3 is 1.84 bits per heavy atom. The smallest absolute Gasteiger partial charge is 0.0701 e. The maximum atomic E-state index is 8.83. The molecule has 0 saturated carbocycles. The van der Waals surface area contributed by atoms with Gasteiger partial charge in [0.1, 0.15) is 0 Å². The number of unbranched alkanes of at least 4 members (excludes halogenated alkanes) is 8. The summed E-state index contributed by atoms with van der Waals surface area (Å²) in [6.07, 6.45) is 16.2. The molecule has 0 rings (SSSR count). The van der Waals surface area contributed by atoms with Crippen LogP contribution in [0.3, 0.4) is 0 Å². The van der Waals surface area contributed by atoms with Crippen LogP contribution in [0, 0.1) is 0 Å². The third kappa shape index (κ3) is 14.1. The lowest BCUT2D eigenvalue weighted by Crippen LogP contribution is -2.15. The van der Waals surface area contributed by atoms with E-state index in [1.807, 2.05) is 0 Å². The lowest BCUT2D eigenvalue weighted by Gasteiger charge is -2.17. The Kier molecular flexibility index (Phi) is 15.9. The van der Waals surface area contributed by atoms with Gasteiger partial charge >= 0.3 is 0 Å². The Bertz CT molecular complexity index is 151. The molecule has 19 heavy (non-hydrogen) atoms. The molecule has 2 heteroatoms. The van der Waals surface area contributed by atoms with Gasteiger partial charge < -0.3 is 9.84 Å². The van der Waals surface area contributed by atoms with Crippen molar-refractivity contribution in [1.82, 2.24) is 0 Å². The second-order valence-corrected chi connectivity index (χ2v) is 5.62. The van der Waals surface area contributed by atoms with Crippen molar-refractivity contribution >= 4 is 0 Å². The zero-order valence-corrected chi connectivity index (χ0v) is 13.3. The Balaban J connectivity index is 3.40. The monoisotopic (exact) mass is 272 g/mol. The fraction of sp³-hybridized carbons (Fsp3) is 1.00. The van der Waals surface area contributed by atoms with Crippen LogP contribution >= 0.6 is 0 Å². The van der Waals surface area contributed by atoms with Crippen LogP contribution < -0.4 is 0 Å². The molecule has 0 aromatic heterocycles. The summed E-state index contributed by atoms with van der Waals surface area (Å²) in [5.41, 5.74) is 0. The number of aliphatic hydroxyl groups is 1. The summed E-state index contributed by atoms with van der Waals surface area (Å²) in [6, 6.07) is 0. The molecule has 0 aromatic carbocycles. The van der Waals surface area contributed by atoms with Gasteiger partial charge in [-0.25, -0.2) is 0 Å². The standard InChI is InChI=1S/C17H36O2/c1-3-5-7-8-9-10-11-12-14-17(13-6-4-2)19-16-15-18/h17-18H,3-16H2,1-2H3. The van der Waals surface area contributed by atoms with Crippen LogP contribution in [0.5, 0.6) is 0 Å². The van der Waals surface area contributed by atoms with Gasteiger partial charge in [-0.3, -0.25) is 0 Å². The molecule has 0 saturated heterocycles. The van der Waals surface area contributed by atoms with Crippen molar-refractivity contribution in [2.24, 2.45) is 0 Å². The molecule has 0 fully saturated rings. The van der Waals surface area contributed by atoms with E-state index in [1.165, 1.54) is 70.6 Å². The molecule has 0 aromatic rings. The van der Waals surface area contributed by atoms with Crippen LogP contribution in [0.15, 0.2) is 0 Å². The minimum absolute atomic E-state index is 0.153. The molecule has 0 heterocycles. The molecule has 116 valence electrons. The number of aliphatic hydroxyl groups excluding tert-OH is 1. The Hall–Kier alpha value is -0.0800. The van der Waals surface area contributed by atoms with Gasteiger partial charge in [-0.2, -0.15) is 0 Å². The first-order valence-corrected chi connectivity index (χ1v) is 8.57. The van der Waals surface area contributed by atoms with Crippen molar-refractivity contribution in [2.45, 2.75) is 97.0 Å². The fourth-order valence-corrected chi connectivity index (χ4v) is 2.47. The van der Waals surface area contributed by atoms with Crippen molar-refractivity contribution in [3.63, 3.8) is 0 Å². The minimum atomic E-state index is 0.153. The van der Waals surface area contributed by atoms with Gasteiger partial charge in [0.05, 0.1) is 19.3 Å². The summed E-state index contributed by atoms with van der Waals surface area (Å²) in [5, 5.41) is 8.83. The van der Waals surface area contributed by atoms with Crippen LogP contribution in [-0.4, -0.2) is 24.4 Å². The molecule has 0 bridgehead atoms. The average Bonchev–Trinajstić information content (AvgIpc) is 2.43. The molecule has 0 aliphatic carbocycles. The van der Waals surface area contributed by atoms with Crippen molar-refractivity contribution < 1.29 is 9.84 Å². The summed E-state index contributed by atoms with van der Waals surface area (Å²) < 4.78 is 5.70. The number of hydrogen-bond acceptors (Lipinski definition) is 2. The number of rotatable bonds is 15. The lowest BCUT2D eigenvalue weighted by molar-refractivity contribution is 0.0169. The van der Waals surface area contributed by atoms with E-state index in [1.54, 1.807) is 0 Å². The number of hydrogen-bond donors (Lipinski definition) is 1. The van der Waals surface area contributed by atoms with Crippen molar-refractivity contribution in [3.8, 4) is 0 Å². The largest absolute Gasteiger partial charge is 0.394 e. The van der Waals surface area contributed by atoms with Crippen LogP contribution in [-0.2, 0) is 4.74 Å². The normalized spacial score (nSPS) is 12.8. The third-order valence-electron chi connectivity index (χ3n) is 3.70. The molecule has 1 atom stereocenters. The van der Waals surface area contributed by atoms with Gasteiger partial charge in [-0.15, -0.1) is 0 Å². The first-order chi connectivity index (χ1) is 9.35. The minimum Gasteiger partial charge on any atom is -0.394 e. The van der Waals surface area contributed by atoms with Crippen LogP contribution in [0.25, 0.3) is 0 Å². The van der Waals surface area contributed by atoms with Crippen LogP contribution in [0.4, 0.5) is 0 Å². The second-order valence-electron chi connectivity index (χ2n) is 5.62. The third-order valence-corrected chi connectivity index (χ3v) is 3.70. The van der Waals surface area contributed by atoms with E-state index >= 15 is 0 Å². The van der Waals surface area contributed by atoms with Gasteiger partial charge in [-0.1, -0.05) is 78.1 Å². The molecular formula is C17H36O2. The zero-order chi connectivity index (χ0) is 14.2. The summed E-state index contributed by atoms with van der Waals surface area (Å²) in [6.45, 7) is 5.15. The van der Waals surface area contributed by atoms with E-state index in [4.69, 9.17) is 9.84 Å². The topological polar surface area (TPSA) is 29.5 Å². The first kappa shape index (κ1) is 18.9. The van der Waals surface area contributed by atoms with Gasteiger partial charge in [-0.05, 0) is 12.8 Å². The maximum Gasteiger partial charge on any atom is 0.0701 e. The molecular weight excluding hydrogens is 236 g/mol. The molecule has 0 radical (unpaired) electrons. The average molecular weight is 272 g/mol. The van der Waals surface area contributed by atoms with E-state index < -0.39 is 0 Å². The van der Waals surface area contributed by atoms with E-state index in [2.05, 4.69) is 13.8 Å². The quantitative estimate of drug-likeness (QED) is 0.421. The number of ether oxygens (including phenoxy) is 1. The summed E-state index contributed by atoms with van der Waals surface area (Å²) in [4.78, 5) is 0. The van der Waals surface area contributed by atoms with E-state index in [0.717, 1.165) is 6.42 Å². The van der Waals surface area contributed by atoms with Crippen LogP contribution in [0.1, 0.15) is 90.9 Å². The van der Waals surface area contributed by atoms with Gasteiger partial charge in [0.15, 0.2) is 0 Å². The Morgan fingerprint density at radius 2 is 1.26 bits per heavy atom. The van der Waals surface area contributed by atoms with Crippen LogP contribution in [0.2, 0.25) is 0 Å². The Labute approximate surface area is 120 Å². The van der Waals surface area contributed by atoms with Crippen molar-refractivity contribution in [2.75, 3.05) is 13.2 Å². The molecule has 0 spiro atoms. The van der Waals surface area contributed by atoms with Gasteiger partial charge in [0, 0.05) is 0 Å². The molecule has 0 aliphatic rings.